The van der Waals surface area contributed by atoms with Gasteiger partial charge in [0, 0.05) is 11.9 Å². The van der Waals surface area contributed by atoms with E-state index >= 15 is 0 Å². The summed E-state index contributed by atoms with van der Waals surface area (Å²) < 4.78 is 41.0. The molecule has 2 atom stereocenters. The van der Waals surface area contributed by atoms with Crippen molar-refractivity contribution in [1.82, 2.24) is 0 Å². The first-order valence-corrected chi connectivity index (χ1v) is 5.04. The van der Waals surface area contributed by atoms with Crippen LogP contribution in [0.5, 0.6) is 0 Å². The van der Waals surface area contributed by atoms with Crippen LogP contribution < -0.4 is 0 Å². The van der Waals surface area contributed by atoms with Crippen LogP contribution in [-0.4, -0.2) is 30.4 Å². The molecule has 0 saturated carbocycles. The number of halogens is 3. The van der Waals surface area contributed by atoms with Crippen LogP contribution in [-0.2, 0) is 4.74 Å². The Labute approximate surface area is 73.7 Å². The Kier molecular flexibility index (Phi) is 3.29. The van der Waals surface area contributed by atoms with Gasteiger partial charge in [-0.15, -0.1) is 0 Å². The van der Waals surface area contributed by atoms with Gasteiger partial charge in [-0.2, -0.15) is 24.9 Å². The lowest BCUT2D eigenvalue weighted by molar-refractivity contribution is -0.229. The van der Waals surface area contributed by atoms with Crippen LogP contribution in [0.25, 0.3) is 0 Å². The summed E-state index contributed by atoms with van der Waals surface area (Å²) in [6.45, 7) is 0.232. The predicted molar refractivity (Wildman–Crippen MR) is 42.3 cm³/mol. The Morgan fingerprint density at radius 3 is 2.58 bits per heavy atom. The van der Waals surface area contributed by atoms with Crippen molar-refractivity contribution in [1.29, 1.82) is 0 Å². The minimum atomic E-state index is -4.19. The van der Waals surface area contributed by atoms with Crippen LogP contribution in [0.3, 0.4) is 0 Å². The van der Waals surface area contributed by atoms with E-state index in [-0.39, 0.29) is 18.3 Å². The summed E-state index contributed by atoms with van der Waals surface area (Å²) in [5.74, 6) is 0. The summed E-state index contributed by atoms with van der Waals surface area (Å²) in [4.78, 5) is 0. The van der Waals surface area contributed by atoms with E-state index in [1.165, 1.54) is 11.8 Å². The third-order valence-corrected chi connectivity index (χ3v) is 3.03. The molecule has 1 heterocycles. The molecule has 12 heavy (non-hydrogen) atoms. The zero-order chi connectivity index (χ0) is 9.19. The number of hydrogen-bond acceptors (Lipinski definition) is 2. The second-order valence-electron chi connectivity index (χ2n) is 2.78. The molecule has 0 radical (unpaired) electrons. The maximum atomic E-state index is 12.1. The molecule has 1 nitrogen and oxygen atoms in total. The van der Waals surface area contributed by atoms with Gasteiger partial charge >= 0.3 is 6.18 Å². The lowest BCUT2D eigenvalue weighted by Crippen LogP contribution is -2.38. The molecular weight excluding hydrogens is 189 g/mol. The van der Waals surface area contributed by atoms with Gasteiger partial charge in [-0.3, -0.25) is 0 Å². The van der Waals surface area contributed by atoms with Gasteiger partial charge in [-0.05, 0) is 19.1 Å². The Morgan fingerprint density at radius 1 is 1.42 bits per heavy atom. The SMILES string of the molecule is CSC1CCOC(C(F)(F)F)C1. The van der Waals surface area contributed by atoms with Gasteiger partial charge in [0.2, 0.25) is 0 Å². The highest BCUT2D eigenvalue weighted by atomic mass is 32.2. The number of hydrogen-bond donors (Lipinski definition) is 0. The van der Waals surface area contributed by atoms with Gasteiger partial charge in [-0.1, -0.05) is 0 Å². The maximum absolute atomic E-state index is 12.1. The average Bonchev–Trinajstić information content (AvgIpc) is 2.03. The molecule has 0 aromatic heterocycles. The first-order chi connectivity index (χ1) is 5.54. The zero-order valence-corrected chi connectivity index (χ0v) is 7.54. The highest BCUT2D eigenvalue weighted by Gasteiger charge is 2.43. The van der Waals surface area contributed by atoms with Gasteiger partial charge in [0.1, 0.15) is 0 Å². The molecule has 0 bridgehead atoms. The number of alkyl halides is 3. The maximum Gasteiger partial charge on any atom is 0.414 e. The molecule has 2 unspecified atom stereocenters. The van der Waals surface area contributed by atoms with Gasteiger partial charge in [0.15, 0.2) is 6.10 Å². The van der Waals surface area contributed by atoms with Gasteiger partial charge in [0.25, 0.3) is 0 Å². The molecule has 0 aromatic rings. The third kappa shape index (κ3) is 2.55. The molecule has 1 fully saturated rings. The van der Waals surface area contributed by atoms with Gasteiger partial charge in [0.05, 0.1) is 0 Å². The highest BCUT2D eigenvalue weighted by molar-refractivity contribution is 7.99. The summed E-state index contributed by atoms with van der Waals surface area (Å²) in [5.41, 5.74) is 0. The van der Waals surface area contributed by atoms with E-state index < -0.39 is 12.3 Å². The first kappa shape index (κ1) is 10.2. The standard InChI is InChI=1S/C7H11F3OS/c1-12-5-2-3-11-6(4-5)7(8,9)10/h5-6H,2-4H2,1H3. The molecule has 1 aliphatic heterocycles. The molecule has 0 amide bonds. The minimum absolute atomic E-state index is 0.102. The lowest BCUT2D eigenvalue weighted by atomic mass is 10.1. The molecule has 1 saturated heterocycles. The van der Waals surface area contributed by atoms with Crippen LogP contribution in [0.15, 0.2) is 0 Å². The molecule has 1 aliphatic rings. The molecule has 72 valence electrons. The summed E-state index contributed by atoms with van der Waals surface area (Å²) in [7, 11) is 0. The second kappa shape index (κ2) is 3.87. The van der Waals surface area contributed by atoms with E-state index in [1.54, 1.807) is 0 Å². The van der Waals surface area contributed by atoms with Crippen molar-refractivity contribution >= 4 is 11.8 Å². The molecule has 5 heteroatoms. The quantitative estimate of drug-likeness (QED) is 0.643. The number of rotatable bonds is 1. The predicted octanol–water partition coefficient (Wildman–Crippen LogP) is 2.46. The number of thioether (sulfide) groups is 1. The number of ether oxygens (including phenoxy) is 1. The smallest absolute Gasteiger partial charge is 0.369 e. The fourth-order valence-corrected chi connectivity index (χ4v) is 1.91. The fraction of sp³-hybridized carbons (Fsp3) is 1.00. The van der Waals surface area contributed by atoms with Crippen molar-refractivity contribution in [2.75, 3.05) is 12.9 Å². The van der Waals surface area contributed by atoms with E-state index in [1.807, 2.05) is 6.26 Å². The van der Waals surface area contributed by atoms with Crippen LogP contribution in [0.4, 0.5) is 13.2 Å². The van der Waals surface area contributed by atoms with E-state index in [0.29, 0.717) is 0 Å². The average molecular weight is 200 g/mol. The van der Waals surface area contributed by atoms with Gasteiger partial charge in [-0.25, -0.2) is 0 Å². The van der Waals surface area contributed by atoms with Crippen molar-refractivity contribution < 1.29 is 17.9 Å². The second-order valence-corrected chi connectivity index (χ2v) is 3.92. The van der Waals surface area contributed by atoms with E-state index in [2.05, 4.69) is 4.74 Å². The Bertz CT molecular complexity index is 148. The highest BCUT2D eigenvalue weighted by Crippen LogP contribution is 2.33. The van der Waals surface area contributed by atoms with Crippen molar-refractivity contribution in [3.8, 4) is 0 Å². The molecular formula is C7H11F3OS. The summed E-state index contributed by atoms with van der Waals surface area (Å²) in [6.07, 6.45) is -3.06. The molecule has 0 aromatic carbocycles. The van der Waals surface area contributed by atoms with Crippen LogP contribution in [0.2, 0.25) is 0 Å². The van der Waals surface area contributed by atoms with E-state index in [4.69, 9.17) is 0 Å². The molecule has 0 spiro atoms. The van der Waals surface area contributed by atoms with Crippen LogP contribution in [0.1, 0.15) is 12.8 Å². The monoisotopic (exact) mass is 200 g/mol. The van der Waals surface area contributed by atoms with Crippen molar-refractivity contribution in [2.45, 2.75) is 30.4 Å². The van der Waals surface area contributed by atoms with E-state index in [9.17, 15) is 13.2 Å². The summed E-state index contributed by atoms with van der Waals surface area (Å²) in [6, 6.07) is 0. The minimum Gasteiger partial charge on any atom is -0.369 e. The largest absolute Gasteiger partial charge is 0.414 e. The van der Waals surface area contributed by atoms with Crippen LogP contribution in [0, 0.1) is 0 Å². The topological polar surface area (TPSA) is 9.23 Å². The Balaban J connectivity index is 2.46. The Hall–Kier alpha value is 0.100. The normalized spacial score (nSPS) is 32.0. The summed E-state index contributed by atoms with van der Waals surface area (Å²) in [5, 5.41) is 0.102. The summed E-state index contributed by atoms with van der Waals surface area (Å²) >= 11 is 1.49. The first-order valence-electron chi connectivity index (χ1n) is 3.75. The third-order valence-electron chi connectivity index (χ3n) is 1.93. The Morgan fingerprint density at radius 2 is 2.08 bits per heavy atom. The van der Waals surface area contributed by atoms with Crippen molar-refractivity contribution in [3.63, 3.8) is 0 Å². The zero-order valence-electron chi connectivity index (χ0n) is 6.73. The van der Waals surface area contributed by atoms with Crippen LogP contribution >= 0.6 is 11.8 Å². The molecule has 0 aliphatic carbocycles. The van der Waals surface area contributed by atoms with Gasteiger partial charge < -0.3 is 4.74 Å². The molecule has 0 N–H and O–H groups in total. The fourth-order valence-electron chi connectivity index (χ4n) is 1.21. The lowest BCUT2D eigenvalue weighted by Gasteiger charge is -2.29. The van der Waals surface area contributed by atoms with Crippen molar-refractivity contribution in [2.24, 2.45) is 0 Å². The van der Waals surface area contributed by atoms with E-state index in [0.717, 1.165) is 6.42 Å². The molecule has 1 rings (SSSR count). The van der Waals surface area contributed by atoms with Crippen molar-refractivity contribution in [3.05, 3.63) is 0 Å².